The average Bonchev–Trinajstić information content (AvgIpc) is 2.62. The highest BCUT2D eigenvalue weighted by Crippen LogP contribution is 2.31. The van der Waals surface area contributed by atoms with E-state index < -0.39 is 0 Å². The lowest BCUT2D eigenvalue weighted by Gasteiger charge is -2.02. The van der Waals surface area contributed by atoms with Crippen molar-refractivity contribution in [3.8, 4) is 0 Å². The summed E-state index contributed by atoms with van der Waals surface area (Å²) in [4.78, 5) is 14.4. The molecule has 1 amide bonds. The van der Waals surface area contributed by atoms with Crippen LogP contribution in [0.25, 0.3) is 10.4 Å². The van der Waals surface area contributed by atoms with E-state index in [0.717, 1.165) is 20.4 Å². The van der Waals surface area contributed by atoms with Gasteiger partial charge in [-0.3, -0.25) is 4.79 Å². The standard InChI is InChI=1S/C9H10Br2N4OS/c10-7-5-6(8(11)17-7)9(16)13-3-1-2-4-14-15-12/h5H,1-4H2,(H,13,16). The Hall–Kier alpha value is -0.560. The lowest BCUT2D eigenvalue weighted by Crippen LogP contribution is -2.24. The van der Waals surface area contributed by atoms with Crippen molar-refractivity contribution in [2.45, 2.75) is 12.8 Å². The molecule has 0 spiro atoms. The highest BCUT2D eigenvalue weighted by molar-refractivity contribution is 9.12. The van der Waals surface area contributed by atoms with Crippen LogP contribution in [0.5, 0.6) is 0 Å². The van der Waals surface area contributed by atoms with Gasteiger partial charge >= 0.3 is 0 Å². The van der Waals surface area contributed by atoms with E-state index in [1.54, 1.807) is 6.07 Å². The van der Waals surface area contributed by atoms with E-state index >= 15 is 0 Å². The fourth-order valence-corrected chi connectivity index (χ4v) is 3.94. The van der Waals surface area contributed by atoms with E-state index in [1.807, 2.05) is 0 Å². The number of unbranched alkanes of at least 4 members (excludes halogenated alkanes) is 1. The molecule has 1 heterocycles. The monoisotopic (exact) mass is 380 g/mol. The summed E-state index contributed by atoms with van der Waals surface area (Å²) in [6, 6.07) is 1.78. The van der Waals surface area contributed by atoms with Gasteiger partial charge in [-0.25, -0.2) is 0 Å². The molecule has 5 nitrogen and oxygen atoms in total. The molecule has 1 aromatic heterocycles. The van der Waals surface area contributed by atoms with Crippen LogP contribution in [0.4, 0.5) is 0 Å². The van der Waals surface area contributed by atoms with E-state index in [4.69, 9.17) is 5.53 Å². The van der Waals surface area contributed by atoms with Crippen LogP contribution in [0.15, 0.2) is 18.8 Å². The number of thiophene rings is 1. The van der Waals surface area contributed by atoms with Crippen LogP contribution in [0.3, 0.4) is 0 Å². The van der Waals surface area contributed by atoms with E-state index in [2.05, 4.69) is 47.2 Å². The maximum Gasteiger partial charge on any atom is 0.253 e. The molecule has 0 atom stereocenters. The molecule has 0 saturated heterocycles. The zero-order valence-electron chi connectivity index (χ0n) is 8.82. The summed E-state index contributed by atoms with van der Waals surface area (Å²) < 4.78 is 1.73. The summed E-state index contributed by atoms with van der Waals surface area (Å²) in [6.07, 6.45) is 1.58. The quantitative estimate of drug-likeness (QED) is 0.342. The van der Waals surface area contributed by atoms with Gasteiger partial charge in [-0.2, -0.15) is 0 Å². The Kier molecular flexibility index (Phi) is 6.57. The van der Waals surface area contributed by atoms with Crippen LogP contribution >= 0.6 is 43.2 Å². The molecule has 0 radical (unpaired) electrons. The molecule has 1 N–H and O–H groups in total. The molecule has 0 aliphatic carbocycles. The van der Waals surface area contributed by atoms with Gasteiger partial charge in [0.1, 0.15) is 0 Å². The van der Waals surface area contributed by atoms with Gasteiger partial charge in [0.25, 0.3) is 5.91 Å². The Morgan fingerprint density at radius 3 is 2.88 bits per heavy atom. The number of hydrogen-bond acceptors (Lipinski definition) is 3. The highest BCUT2D eigenvalue weighted by atomic mass is 79.9. The van der Waals surface area contributed by atoms with Crippen molar-refractivity contribution in [3.05, 3.63) is 29.6 Å². The van der Waals surface area contributed by atoms with E-state index in [-0.39, 0.29) is 5.91 Å². The molecule has 0 saturated carbocycles. The van der Waals surface area contributed by atoms with Crippen molar-refractivity contribution >= 4 is 49.1 Å². The summed E-state index contributed by atoms with van der Waals surface area (Å²) in [7, 11) is 0. The largest absolute Gasteiger partial charge is 0.352 e. The Labute approximate surface area is 119 Å². The molecule has 92 valence electrons. The third kappa shape index (κ3) is 5.08. The average molecular weight is 382 g/mol. The van der Waals surface area contributed by atoms with Gasteiger partial charge in [0, 0.05) is 18.0 Å². The molecule has 17 heavy (non-hydrogen) atoms. The van der Waals surface area contributed by atoms with E-state index in [9.17, 15) is 4.79 Å². The maximum absolute atomic E-state index is 11.7. The SMILES string of the molecule is [N-]=[N+]=NCCCCNC(=O)c1cc(Br)sc1Br. The Balaban J connectivity index is 2.30. The number of halogens is 2. The van der Waals surface area contributed by atoms with Gasteiger partial charge in [-0.05, 0) is 56.3 Å². The van der Waals surface area contributed by atoms with Crippen molar-refractivity contribution in [1.82, 2.24) is 5.32 Å². The number of hydrogen-bond donors (Lipinski definition) is 1. The van der Waals surface area contributed by atoms with Crippen LogP contribution in [-0.4, -0.2) is 19.0 Å². The maximum atomic E-state index is 11.7. The van der Waals surface area contributed by atoms with Crippen molar-refractivity contribution in [1.29, 1.82) is 0 Å². The summed E-state index contributed by atoms with van der Waals surface area (Å²) >= 11 is 8.12. The van der Waals surface area contributed by atoms with Crippen molar-refractivity contribution in [2.24, 2.45) is 5.11 Å². The highest BCUT2D eigenvalue weighted by Gasteiger charge is 2.12. The van der Waals surface area contributed by atoms with Gasteiger partial charge in [-0.1, -0.05) is 5.11 Å². The van der Waals surface area contributed by atoms with Crippen LogP contribution in [0.1, 0.15) is 23.2 Å². The van der Waals surface area contributed by atoms with Crippen LogP contribution in [0.2, 0.25) is 0 Å². The van der Waals surface area contributed by atoms with Crippen molar-refractivity contribution < 1.29 is 4.79 Å². The minimum absolute atomic E-state index is 0.0948. The first-order valence-electron chi connectivity index (χ1n) is 4.89. The topological polar surface area (TPSA) is 77.9 Å². The molecular weight excluding hydrogens is 372 g/mol. The molecule has 0 unspecified atom stereocenters. The van der Waals surface area contributed by atoms with Crippen LogP contribution in [0, 0.1) is 0 Å². The zero-order chi connectivity index (χ0) is 12.7. The molecule has 8 heteroatoms. The minimum Gasteiger partial charge on any atom is -0.352 e. The first kappa shape index (κ1) is 14.5. The summed E-state index contributed by atoms with van der Waals surface area (Å²) in [5.41, 5.74) is 8.71. The lowest BCUT2D eigenvalue weighted by atomic mass is 10.3. The molecule has 0 aliphatic rings. The number of nitrogens with zero attached hydrogens (tertiary/aromatic N) is 3. The fraction of sp³-hybridized carbons (Fsp3) is 0.444. The van der Waals surface area contributed by atoms with E-state index in [0.29, 0.717) is 18.7 Å². The third-order valence-corrected chi connectivity index (χ3v) is 4.27. The number of rotatable bonds is 6. The third-order valence-electron chi connectivity index (χ3n) is 1.94. The van der Waals surface area contributed by atoms with Crippen LogP contribution < -0.4 is 5.32 Å². The summed E-state index contributed by atoms with van der Waals surface area (Å²) in [5.74, 6) is -0.0948. The Morgan fingerprint density at radius 2 is 2.29 bits per heavy atom. The molecule has 1 rings (SSSR count). The van der Waals surface area contributed by atoms with Gasteiger partial charge in [0.15, 0.2) is 0 Å². The van der Waals surface area contributed by atoms with Gasteiger partial charge in [-0.15, -0.1) is 11.3 Å². The molecule has 0 bridgehead atoms. The molecule has 1 aromatic rings. The molecule has 0 aliphatic heterocycles. The van der Waals surface area contributed by atoms with E-state index in [1.165, 1.54) is 11.3 Å². The number of azide groups is 1. The number of nitrogens with one attached hydrogen (secondary N) is 1. The second-order valence-electron chi connectivity index (χ2n) is 3.16. The summed E-state index contributed by atoms with van der Waals surface area (Å²) in [6.45, 7) is 1.06. The second kappa shape index (κ2) is 7.71. The normalized spacial score (nSPS) is 9.76. The van der Waals surface area contributed by atoms with Gasteiger partial charge in [0.2, 0.25) is 0 Å². The predicted molar refractivity (Wildman–Crippen MR) is 75.3 cm³/mol. The zero-order valence-corrected chi connectivity index (χ0v) is 12.8. The Morgan fingerprint density at radius 1 is 1.53 bits per heavy atom. The predicted octanol–water partition coefficient (Wildman–Crippen LogP) is 4.09. The van der Waals surface area contributed by atoms with Crippen LogP contribution in [-0.2, 0) is 0 Å². The number of carbonyl (C=O) groups excluding carboxylic acids is 1. The number of amides is 1. The number of carbonyl (C=O) groups is 1. The smallest absolute Gasteiger partial charge is 0.253 e. The Bertz CT molecular complexity index is 442. The lowest BCUT2D eigenvalue weighted by molar-refractivity contribution is 0.0953. The second-order valence-corrected chi connectivity index (χ2v) is 6.90. The van der Waals surface area contributed by atoms with Gasteiger partial charge in [0.05, 0.1) is 13.1 Å². The molecular formula is C9H10Br2N4OS. The molecule has 0 fully saturated rings. The minimum atomic E-state index is -0.0948. The van der Waals surface area contributed by atoms with Crippen molar-refractivity contribution in [3.63, 3.8) is 0 Å². The molecule has 0 aromatic carbocycles. The van der Waals surface area contributed by atoms with Crippen molar-refractivity contribution in [2.75, 3.05) is 13.1 Å². The fourth-order valence-electron chi connectivity index (χ4n) is 1.14. The first-order chi connectivity index (χ1) is 8.15. The summed E-state index contributed by atoms with van der Waals surface area (Å²) in [5, 5.41) is 6.23. The van der Waals surface area contributed by atoms with Gasteiger partial charge < -0.3 is 5.32 Å². The first-order valence-corrected chi connectivity index (χ1v) is 7.29.